The number of amides is 1. The molecule has 2 heterocycles. The molecule has 0 aromatic carbocycles. The van der Waals surface area contributed by atoms with Crippen LogP contribution in [0.25, 0.3) is 0 Å². The monoisotopic (exact) mass is 254 g/mol. The van der Waals surface area contributed by atoms with Crippen LogP contribution in [-0.4, -0.2) is 49.7 Å². The van der Waals surface area contributed by atoms with E-state index in [9.17, 15) is 4.79 Å². The summed E-state index contributed by atoms with van der Waals surface area (Å²) >= 11 is 0. The van der Waals surface area contributed by atoms with Gasteiger partial charge in [0.15, 0.2) is 0 Å². The molecule has 0 aliphatic carbocycles. The SMILES string of the molecule is CC1CN(C(=O)C(C)(C)C2CCCNC2)CCO1. The quantitative estimate of drug-likeness (QED) is 0.806. The van der Waals surface area contributed by atoms with Crippen molar-refractivity contribution in [3.05, 3.63) is 0 Å². The molecule has 2 atom stereocenters. The van der Waals surface area contributed by atoms with Gasteiger partial charge >= 0.3 is 0 Å². The molecule has 4 heteroatoms. The average Bonchev–Trinajstić information content (AvgIpc) is 2.39. The van der Waals surface area contributed by atoms with Crippen LogP contribution in [0, 0.1) is 11.3 Å². The Hall–Kier alpha value is -0.610. The zero-order valence-electron chi connectivity index (χ0n) is 11.9. The zero-order chi connectivity index (χ0) is 13.2. The Labute approximate surface area is 110 Å². The number of hydrogen-bond acceptors (Lipinski definition) is 3. The van der Waals surface area contributed by atoms with Crippen LogP contribution in [0.15, 0.2) is 0 Å². The van der Waals surface area contributed by atoms with Crippen LogP contribution in [-0.2, 0) is 9.53 Å². The lowest BCUT2D eigenvalue weighted by Crippen LogP contribution is -2.53. The van der Waals surface area contributed by atoms with E-state index in [0.29, 0.717) is 18.4 Å². The summed E-state index contributed by atoms with van der Waals surface area (Å²) in [4.78, 5) is 14.7. The predicted octanol–water partition coefficient (Wildman–Crippen LogP) is 1.26. The molecule has 2 aliphatic heterocycles. The van der Waals surface area contributed by atoms with Gasteiger partial charge in [-0.15, -0.1) is 0 Å². The van der Waals surface area contributed by atoms with Crippen molar-refractivity contribution in [2.75, 3.05) is 32.8 Å². The van der Waals surface area contributed by atoms with Crippen LogP contribution < -0.4 is 5.32 Å². The molecule has 18 heavy (non-hydrogen) atoms. The van der Waals surface area contributed by atoms with Crippen molar-refractivity contribution in [1.82, 2.24) is 10.2 Å². The van der Waals surface area contributed by atoms with E-state index >= 15 is 0 Å². The Morgan fingerprint density at radius 2 is 2.22 bits per heavy atom. The predicted molar refractivity (Wildman–Crippen MR) is 71.4 cm³/mol. The molecule has 0 aromatic rings. The number of nitrogens with zero attached hydrogens (tertiary/aromatic N) is 1. The highest BCUT2D eigenvalue weighted by molar-refractivity contribution is 5.82. The molecule has 2 fully saturated rings. The maximum Gasteiger partial charge on any atom is 0.228 e. The number of nitrogens with one attached hydrogen (secondary N) is 1. The fourth-order valence-corrected chi connectivity index (χ4v) is 3.05. The van der Waals surface area contributed by atoms with Crippen LogP contribution in [0.4, 0.5) is 0 Å². The lowest BCUT2D eigenvalue weighted by molar-refractivity contribution is -0.150. The van der Waals surface area contributed by atoms with Gasteiger partial charge in [0.1, 0.15) is 0 Å². The van der Waals surface area contributed by atoms with Crippen LogP contribution >= 0.6 is 0 Å². The minimum atomic E-state index is -0.259. The van der Waals surface area contributed by atoms with E-state index in [1.54, 1.807) is 0 Å². The van der Waals surface area contributed by atoms with Gasteiger partial charge in [-0.3, -0.25) is 4.79 Å². The molecule has 0 bridgehead atoms. The summed E-state index contributed by atoms with van der Waals surface area (Å²) < 4.78 is 5.51. The molecule has 2 unspecified atom stereocenters. The van der Waals surface area contributed by atoms with E-state index in [1.807, 2.05) is 11.8 Å². The van der Waals surface area contributed by atoms with Gasteiger partial charge in [-0.1, -0.05) is 13.8 Å². The van der Waals surface area contributed by atoms with Gasteiger partial charge in [-0.25, -0.2) is 0 Å². The smallest absolute Gasteiger partial charge is 0.228 e. The van der Waals surface area contributed by atoms with Crippen LogP contribution in [0.5, 0.6) is 0 Å². The van der Waals surface area contributed by atoms with Gasteiger partial charge in [-0.2, -0.15) is 0 Å². The molecule has 2 rings (SSSR count). The van der Waals surface area contributed by atoms with Crippen molar-refractivity contribution >= 4 is 5.91 Å². The van der Waals surface area contributed by atoms with E-state index in [-0.39, 0.29) is 11.5 Å². The second-order valence-corrected chi connectivity index (χ2v) is 6.20. The number of piperidine rings is 1. The van der Waals surface area contributed by atoms with E-state index in [2.05, 4.69) is 19.2 Å². The molecule has 2 aliphatic rings. The minimum absolute atomic E-state index is 0.169. The average molecular weight is 254 g/mol. The molecule has 4 nitrogen and oxygen atoms in total. The van der Waals surface area contributed by atoms with Crippen molar-refractivity contribution in [3.8, 4) is 0 Å². The van der Waals surface area contributed by atoms with Crippen LogP contribution in [0.1, 0.15) is 33.6 Å². The summed E-state index contributed by atoms with van der Waals surface area (Å²) in [6.45, 7) is 10.5. The van der Waals surface area contributed by atoms with Crippen molar-refractivity contribution in [2.24, 2.45) is 11.3 Å². The van der Waals surface area contributed by atoms with E-state index in [1.165, 1.54) is 6.42 Å². The Balaban J connectivity index is 2.01. The molecule has 104 valence electrons. The molecule has 2 saturated heterocycles. The normalized spacial score (nSPS) is 30.3. The van der Waals surface area contributed by atoms with E-state index in [4.69, 9.17) is 4.74 Å². The van der Waals surface area contributed by atoms with Gasteiger partial charge in [0.25, 0.3) is 0 Å². The largest absolute Gasteiger partial charge is 0.375 e. The topological polar surface area (TPSA) is 41.6 Å². The van der Waals surface area contributed by atoms with E-state index in [0.717, 1.165) is 32.6 Å². The highest BCUT2D eigenvalue weighted by atomic mass is 16.5. The summed E-state index contributed by atoms with van der Waals surface area (Å²) in [6, 6.07) is 0. The fraction of sp³-hybridized carbons (Fsp3) is 0.929. The summed E-state index contributed by atoms with van der Waals surface area (Å²) in [7, 11) is 0. The lowest BCUT2D eigenvalue weighted by Gasteiger charge is -2.41. The highest BCUT2D eigenvalue weighted by Gasteiger charge is 2.40. The number of carbonyl (C=O) groups is 1. The number of carbonyl (C=O) groups excluding carboxylic acids is 1. The molecule has 0 radical (unpaired) electrons. The van der Waals surface area contributed by atoms with Gasteiger partial charge < -0.3 is 15.0 Å². The third-order valence-electron chi connectivity index (χ3n) is 4.40. The molecule has 0 aromatic heterocycles. The Bertz CT molecular complexity index is 298. The van der Waals surface area contributed by atoms with Crippen LogP contribution in [0.2, 0.25) is 0 Å². The van der Waals surface area contributed by atoms with Gasteiger partial charge in [-0.05, 0) is 38.8 Å². The third kappa shape index (κ3) is 2.86. The molecule has 0 saturated carbocycles. The molecular formula is C14H26N2O2. The second-order valence-electron chi connectivity index (χ2n) is 6.20. The summed E-state index contributed by atoms with van der Waals surface area (Å²) in [5.74, 6) is 0.753. The number of morpholine rings is 1. The van der Waals surface area contributed by atoms with Gasteiger partial charge in [0.2, 0.25) is 5.91 Å². The summed E-state index contributed by atoms with van der Waals surface area (Å²) in [5, 5.41) is 3.41. The summed E-state index contributed by atoms with van der Waals surface area (Å²) in [5.41, 5.74) is -0.259. The number of ether oxygens (including phenoxy) is 1. The van der Waals surface area contributed by atoms with Gasteiger partial charge in [0, 0.05) is 18.5 Å². The first kappa shape index (κ1) is 13.8. The van der Waals surface area contributed by atoms with Crippen LogP contribution in [0.3, 0.4) is 0 Å². The first-order chi connectivity index (χ1) is 8.51. The third-order valence-corrected chi connectivity index (χ3v) is 4.40. The number of hydrogen-bond donors (Lipinski definition) is 1. The molecule has 0 spiro atoms. The van der Waals surface area contributed by atoms with Crippen molar-refractivity contribution < 1.29 is 9.53 Å². The summed E-state index contributed by atoms with van der Waals surface area (Å²) in [6.07, 6.45) is 2.51. The molecular weight excluding hydrogens is 228 g/mol. The van der Waals surface area contributed by atoms with E-state index < -0.39 is 0 Å². The Morgan fingerprint density at radius 3 is 2.83 bits per heavy atom. The first-order valence-corrected chi connectivity index (χ1v) is 7.13. The van der Waals surface area contributed by atoms with Crippen molar-refractivity contribution in [2.45, 2.75) is 39.7 Å². The first-order valence-electron chi connectivity index (χ1n) is 7.13. The Kier molecular flexibility index (Phi) is 4.28. The maximum absolute atomic E-state index is 12.7. The standard InChI is InChI=1S/C14H26N2O2/c1-11-10-16(7-8-18-11)13(17)14(2,3)12-5-4-6-15-9-12/h11-12,15H,4-10H2,1-3H3. The van der Waals surface area contributed by atoms with Gasteiger partial charge in [0.05, 0.1) is 12.7 Å². The van der Waals surface area contributed by atoms with Crippen molar-refractivity contribution in [1.29, 1.82) is 0 Å². The highest BCUT2D eigenvalue weighted by Crippen LogP contribution is 2.34. The molecule has 1 N–H and O–H groups in total. The second kappa shape index (κ2) is 5.57. The zero-order valence-corrected chi connectivity index (χ0v) is 11.9. The van der Waals surface area contributed by atoms with Crippen molar-refractivity contribution in [3.63, 3.8) is 0 Å². The lowest BCUT2D eigenvalue weighted by atomic mass is 9.74. The maximum atomic E-state index is 12.7. The Morgan fingerprint density at radius 1 is 1.44 bits per heavy atom. The molecule has 1 amide bonds. The number of rotatable bonds is 2. The fourth-order valence-electron chi connectivity index (χ4n) is 3.05. The minimum Gasteiger partial charge on any atom is -0.375 e.